The van der Waals surface area contributed by atoms with Gasteiger partial charge in [-0.05, 0) is 43.3 Å². The van der Waals surface area contributed by atoms with Gasteiger partial charge in [-0.3, -0.25) is 0 Å². The number of hydrogen-bond acceptors (Lipinski definition) is 2. The first-order chi connectivity index (χ1) is 8.51. The molecule has 0 bridgehead atoms. The van der Waals surface area contributed by atoms with E-state index in [9.17, 15) is 0 Å². The highest BCUT2D eigenvalue weighted by Crippen LogP contribution is 2.37. The van der Waals surface area contributed by atoms with Crippen LogP contribution < -0.4 is 5.32 Å². The average Bonchev–Trinajstić information content (AvgIpc) is 2.58. The van der Waals surface area contributed by atoms with Crippen LogP contribution in [0.4, 0.5) is 0 Å². The zero-order chi connectivity index (χ0) is 13.3. The number of nitrogens with one attached hydrogen (secondary N) is 1. The number of thiophene rings is 1. The van der Waals surface area contributed by atoms with Gasteiger partial charge in [0, 0.05) is 10.6 Å². The summed E-state index contributed by atoms with van der Waals surface area (Å²) in [6.45, 7) is 2.02. The van der Waals surface area contributed by atoms with Crippen LogP contribution in [0.5, 0.6) is 0 Å². The molecular formula is C13H12Cl3NS. The Bertz CT molecular complexity index is 545. The third-order valence-electron chi connectivity index (χ3n) is 2.68. The SMILES string of the molecule is CNC(c1cc(C)cc(Cl)c1)c1cc(Cl)sc1Cl. The smallest absolute Gasteiger partial charge is 0.0995 e. The van der Waals surface area contributed by atoms with Crippen molar-refractivity contribution in [3.8, 4) is 0 Å². The Labute approximate surface area is 126 Å². The lowest BCUT2D eigenvalue weighted by atomic mass is 10.00. The Morgan fingerprint density at radius 2 is 1.83 bits per heavy atom. The number of rotatable bonds is 3. The summed E-state index contributed by atoms with van der Waals surface area (Å²) in [7, 11) is 1.89. The highest BCUT2D eigenvalue weighted by atomic mass is 35.5. The van der Waals surface area contributed by atoms with Crippen molar-refractivity contribution in [1.82, 2.24) is 5.32 Å². The van der Waals surface area contributed by atoms with Crippen molar-refractivity contribution in [2.75, 3.05) is 7.05 Å². The lowest BCUT2D eigenvalue weighted by Crippen LogP contribution is -2.17. The van der Waals surface area contributed by atoms with E-state index in [0.29, 0.717) is 8.67 Å². The third-order valence-corrected chi connectivity index (χ3v) is 4.42. The zero-order valence-electron chi connectivity index (χ0n) is 9.93. The van der Waals surface area contributed by atoms with E-state index in [0.717, 1.165) is 21.7 Å². The summed E-state index contributed by atoms with van der Waals surface area (Å²) >= 11 is 19.7. The van der Waals surface area contributed by atoms with Gasteiger partial charge in [-0.1, -0.05) is 40.9 Å². The molecular weight excluding hydrogens is 309 g/mol. The molecule has 96 valence electrons. The minimum Gasteiger partial charge on any atom is -0.309 e. The predicted octanol–water partition coefficient (Wildman–Crippen LogP) is 5.33. The van der Waals surface area contributed by atoms with E-state index in [1.54, 1.807) is 0 Å². The lowest BCUT2D eigenvalue weighted by molar-refractivity contribution is 0.694. The van der Waals surface area contributed by atoms with Crippen LogP contribution >= 0.6 is 46.1 Å². The van der Waals surface area contributed by atoms with Crippen molar-refractivity contribution >= 4 is 46.1 Å². The maximum Gasteiger partial charge on any atom is 0.0995 e. The molecule has 2 aromatic rings. The standard InChI is InChI=1S/C13H12Cl3NS/c1-7-3-8(5-9(14)4-7)12(17-2)10-6-11(15)18-13(10)16/h3-6,12,17H,1-2H3. The summed E-state index contributed by atoms with van der Waals surface area (Å²) in [5.74, 6) is 0. The fourth-order valence-electron chi connectivity index (χ4n) is 1.98. The molecule has 0 aliphatic rings. The fourth-order valence-corrected chi connectivity index (χ4v) is 3.81. The molecule has 0 spiro atoms. The van der Waals surface area contributed by atoms with E-state index in [-0.39, 0.29) is 6.04 Å². The van der Waals surface area contributed by atoms with Gasteiger partial charge < -0.3 is 5.32 Å². The second-order valence-corrected chi connectivity index (χ2v) is 6.79. The van der Waals surface area contributed by atoms with Gasteiger partial charge in [-0.2, -0.15) is 0 Å². The molecule has 1 aromatic heterocycles. The van der Waals surface area contributed by atoms with E-state index in [2.05, 4.69) is 11.4 Å². The summed E-state index contributed by atoms with van der Waals surface area (Å²) in [6.07, 6.45) is 0. The Hall–Kier alpha value is -0.250. The molecule has 18 heavy (non-hydrogen) atoms. The average molecular weight is 321 g/mol. The van der Waals surface area contributed by atoms with Crippen molar-refractivity contribution in [3.05, 3.63) is 54.7 Å². The molecule has 1 heterocycles. The van der Waals surface area contributed by atoms with Gasteiger partial charge in [-0.25, -0.2) is 0 Å². The minimum atomic E-state index is -0.00125. The van der Waals surface area contributed by atoms with Crippen molar-refractivity contribution < 1.29 is 0 Å². The zero-order valence-corrected chi connectivity index (χ0v) is 13.0. The number of benzene rings is 1. The fraction of sp³-hybridized carbons (Fsp3) is 0.231. The van der Waals surface area contributed by atoms with Crippen LogP contribution in [0.1, 0.15) is 22.7 Å². The first-order valence-electron chi connectivity index (χ1n) is 5.40. The van der Waals surface area contributed by atoms with Crippen LogP contribution in [0.2, 0.25) is 13.7 Å². The van der Waals surface area contributed by atoms with Gasteiger partial charge >= 0.3 is 0 Å². The van der Waals surface area contributed by atoms with Crippen LogP contribution in [0.3, 0.4) is 0 Å². The van der Waals surface area contributed by atoms with Crippen LogP contribution in [-0.4, -0.2) is 7.05 Å². The highest BCUT2D eigenvalue weighted by Gasteiger charge is 2.18. The Balaban J connectivity index is 2.48. The normalized spacial score (nSPS) is 12.7. The summed E-state index contributed by atoms with van der Waals surface area (Å²) in [5, 5.41) is 3.97. The number of aryl methyl sites for hydroxylation is 1. The quantitative estimate of drug-likeness (QED) is 0.806. The van der Waals surface area contributed by atoms with Crippen molar-refractivity contribution in [1.29, 1.82) is 0 Å². The maximum atomic E-state index is 6.21. The van der Waals surface area contributed by atoms with Crippen LogP contribution in [0.15, 0.2) is 24.3 Å². The second kappa shape index (κ2) is 5.81. The van der Waals surface area contributed by atoms with E-state index in [4.69, 9.17) is 34.8 Å². The molecule has 1 atom stereocenters. The lowest BCUT2D eigenvalue weighted by Gasteiger charge is -2.17. The maximum absolute atomic E-state index is 6.21. The molecule has 0 aliphatic carbocycles. The van der Waals surface area contributed by atoms with Gasteiger partial charge in [0.25, 0.3) is 0 Å². The summed E-state index contributed by atoms with van der Waals surface area (Å²) < 4.78 is 1.39. The Morgan fingerprint density at radius 3 is 2.33 bits per heavy atom. The monoisotopic (exact) mass is 319 g/mol. The van der Waals surface area contributed by atoms with E-state index in [1.165, 1.54) is 11.3 Å². The van der Waals surface area contributed by atoms with Gasteiger partial charge in [0.15, 0.2) is 0 Å². The Morgan fingerprint density at radius 1 is 1.11 bits per heavy atom. The Kier molecular flexibility index (Phi) is 4.57. The van der Waals surface area contributed by atoms with Gasteiger partial charge in [0.1, 0.15) is 0 Å². The van der Waals surface area contributed by atoms with Gasteiger partial charge in [0.2, 0.25) is 0 Å². The number of hydrogen-bond donors (Lipinski definition) is 1. The molecule has 0 amide bonds. The molecule has 0 saturated heterocycles. The molecule has 1 aromatic carbocycles. The largest absolute Gasteiger partial charge is 0.309 e. The molecule has 1 nitrogen and oxygen atoms in total. The van der Waals surface area contributed by atoms with Crippen LogP contribution in [0, 0.1) is 6.92 Å². The molecule has 0 saturated carbocycles. The van der Waals surface area contributed by atoms with E-state index >= 15 is 0 Å². The van der Waals surface area contributed by atoms with Crippen LogP contribution in [0.25, 0.3) is 0 Å². The molecule has 1 N–H and O–H groups in total. The van der Waals surface area contributed by atoms with Crippen LogP contribution in [-0.2, 0) is 0 Å². The first-order valence-corrected chi connectivity index (χ1v) is 7.35. The molecule has 0 aliphatic heterocycles. The topological polar surface area (TPSA) is 12.0 Å². The highest BCUT2D eigenvalue weighted by molar-refractivity contribution is 7.20. The van der Waals surface area contributed by atoms with Gasteiger partial charge in [0.05, 0.1) is 14.7 Å². The number of halogens is 3. The second-order valence-electron chi connectivity index (χ2n) is 4.06. The minimum absolute atomic E-state index is 0.00125. The molecule has 0 fully saturated rings. The van der Waals surface area contributed by atoms with Crippen molar-refractivity contribution in [2.45, 2.75) is 13.0 Å². The molecule has 1 unspecified atom stereocenters. The summed E-state index contributed by atoms with van der Waals surface area (Å²) in [4.78, 5) is 0. The third kappa shape index (κ3) is 3.01. The molecule has 5 heteroatoms. The van der Waals surface area contributed by atoms with E-state index in [1.807, 2.05) is 32.2 Å². The summed E-state index contributed by atoms with van der Waals surface area (Å²) in [6, 6.07) is 7.86. The molecule has 2 rings (SSSR count). The predicted molar refractivity (Wildman–Crippen MR) is 81.4 cm³/mol. The van der Waals surface area contributed by atoms with Crippen molar-refractivity contribution in [2.24, 2.45) is 0 Å². The van der Waals surface area contributed by atoms with E-state index < -0.39 is 0 Å². The molecule has 0 radical (unpaired) electrons. The first kappa shape index (κ1) is 14.2. The summed E-state index contributed by atoms with van der Waals surface area (Å²) in [5.41, 5.74) is 3.19. The van der Waals surface area contributed by atoms with Gasteiger partial charge in [-0.15, -0.1) is 11.3 Å². The van der Waals surface area contributed by atoms with Crippen molar-refractivity contribution in [3.63, 3.8) is 0 Å².